The van der Waals surface area contributed by atoms with Crippen molar-refractivity contribution < 1.29 is 5.11 Å². The minimum Gasteiger partial charge on any atom is -0.508 e. The molecule has 1 aliphatic carbocycles. The molecule has 1 saturated heterocycles. The van der Waals surface area contributed by atoms with Crippen LogP contribution in [0.2, 0.25) is 0 Å². The molecule has 5 rings (SSSR count). The van der Waals surface area contributed by atoms with Crippen LogP contribution in [-0.2, 0) is 0 Å². The van der Waals surface area contributed by atoms with Gasteiger partial charge in [-0.3, -0.25) is 0 Å². The number of aliphatic imine (C=N–C) groups is 1. The zero-order chi connectivity index (χ0) is 16.8. The van der Waals surface area contributed by atoms with Crippen molar-refractivity contribution in [2.45, 2.75) is 18.9 Å². The van der Waals surface area contributed by atoms with Crippen LogP contribution in [0.3, 0.4) is 0 Å². The Kier molecular flexibility index (Phi) is 3.41. The van der Waals surface area contributed by atoms with Gasteiger partial charge in [-0.25, -0.2) is 4.99 Å². The lowest BCUT2D eigenvalue weighted by molar-refractivity contribution is 0.358. The minimum atomic E-state index is 0.309. The van der Waals surface area contributed by atoms with E-state index in [0.717, 1.165) is 54.6 Å². The number of phenols is 1. The van der Waals surface area contributed by atoms with Crippen molar-refractivity contribution in [1.82, 2.24) is 10.2 Å². The molecule has 2 fully saturated rings. The van der Waals surface area contributed by atoms with Gasteiger partial charge < -0.3 is 20.2 Å². The van der Waals surface area contributed by atoms with Crippen LogP contribution in [0.1, 0.15) is 18.4 Å². The molecule has 0 unspecified atom stereocenters. The number of phenolic OH excluding ortho intramolecular Hbond substituents is 1. The summed E-state index contributed by atoms with van der Waals surface area (Å²) in [5.41, 5.74) is 4.34. The molecule has 0 aromatic heterocycles. The number of amidine groups is 1. The molecule has 2 aliphatic heterocycles. The van der Waals surface area contributed by atoms with Crippen LogP contribution in [0.4, 0.5) is 17.1 Å². The summed E-state index contributed by atoms with van der Waals surface area (Å²) in [7, 11) is 0. The first-order valence-corrected chi connectivity index (χ1v) is 9.07. The number of nitrogens with zero attached hydrogens (tertiary/aromatic N) is 3. The number of hydrogen-bond donors (Lipinski definition) is 2. The van der Waals surface area contributed by atoms with Crippen LogP contribution in [0.5, 0.6) is 5.75 Å². The van der Waals surface area contributed by atoms with Gasteiger partial charge in [0.15, 0.2) is 0 Å². The van der Waals surface area contributed by atoms with E-state index in [1.165, 1.54) is 12.8 Å². The van der Waals surface area contributed by atoms with Gasteiger partial charge in [0, 0.05) is 43.9 Å². The lowest BCUT2D eigenvalue weighted by atomic mass is 10.1. The van der Waals surface area contributed by atoms with Gasteiger partial charge in [-0.1, -0.05) is 12.1 Å². The molecule has 2 heterocycles. The second-order valence-electron chi connectivity index (χ2n) is 6.96. The summed E-state index contributed by atoms with van der Waals surface area (Å²) in [5.74, 6) is 1.33. The number of nitrogens with one attached hydrogen (secondary N) is 1. The third-order valence-electron chi connectivity index (χ3n) is 5.18. The minimum absolute atomic E-state index is 0.309. The van der Waals surface area contributed by atoms with E-state index >= 15 is 0 Å². The Morgan fingerprint density at radius 1 is 1.00 bits per heavy atom. The van der Waals surface area contributed by atoms with E-state index < -0.39 is 0 Å². The Morgan fingerprint density at radius 3 is 2.60 bits per heavy atom. The van der Waals surface area contributed by atoms with Crippen LogP contribution in [0.15, 0.2) is 47.5 Å². The molecule has 0 radical (unpaired) electrons. The van der Waals surface area contributed by atoms with Gasteiger partial charge in [0.25, 0.3) is 0 Å². The van der Waals surface area contributed by atoms with Crippen molar-refractivity contribution in [2.75, 3.05) is 31.1 Å². The lowest BCUT2D eigenvalue weighted by Crippen LogP contribution is -2.46. The number of hydrogen-bond acceptors (Lipinski definition) is 5. The van der Waals surface area contributed by atoms with Crippen LogP contribution in [0.25, 0.3) is 0 Å². The van der Waals surface area contributed by atoms with Gasteiger partial charge in [-0.15, -0.1) is 0 Å². The van der Waals surface area contributed by atoms with Gasteiger partial charge in [0.1, 0.15) is 11.6 Å². The molecular formula is C20H22N4O. The average Bonchev–Trinajstić information content (AvgIpc) is 3.47. The summed E-state index contributed by atoms with van der Waals surface area (Å²) < 4.78 is 0. The molecule has 2 aromatic rings. The van der Waals surface area contributed by atoms with Crippen molar-refractivity contribution in [2.24, 2.45) is 4.99 Å². The normalized spacial score (nSPS) is 19.8. The molecule has 5 heteroatoms. The molecule has 3 aliphatic rings. The largest absolute Gasteiger partial charge is 0.508 e. The third-order valence-corrected chi connectivity index (χ3v) is 5.18. The summed E-state index contributed by atoms with van der Waals surface area (Å²) >= 11 is 0. The summed E-state index contributed by atoms with van der Waals surface area (Å²) in [6.07, 6.45) is 2.37. The fourth-order valence-corrected chi connectivity index (χ4v) is 3.82. The molecule has 0 atom stereocenters. The van der Waals surface area contributed by atoms with E-state index in [1.807, 2.05) is 12.1 Å². The standard InChI is InChI=1S/C20H22N4O/c25-15-7-8-16-19(13-15)24(14-5-6-14)18-4-2-1-3-17(18)22-20(16)23-11-9-21-10-12-23/h1-4,7-8,13-14,21,25H,5-6,9-12H2. The second-order valence-corrected chi connectivity index (χ2v) is 6.96. The highest BCUT2D eigenvalue weighted by Gasteiger charge is 2.36. The van der Waals surface area contributed by atoms with E-state index in [2.05, 4.69) is 39.4 Å². The molecule has 5 nitrogen and oxygen atoms in total. The highest BCUT2D eigenvalue weighted by molar-refractivity contribution is 6.08. The van der Waals surface area contributed by atoms with Crippen molar-refractivity contribution in [3.8, 4) is 5.75 Å². The zero-order valence-corrected chi connectivity index (χ0v) is 14.2. The van der Waals surface area contributed by atoms with Gasteiger partial charge in [0.05, 0.1) is 17.1 Å². The maximum Gasteiger partial charge on any atom is 0.138 e. The van der Waals surface area contributed by atoms with E-state index in [0.29, 0.717) is 11.8 Å². The first kappa shape index (κ1) is 14.8. The Bertz CT molecular complexity index is 837. The van der Waals surface area contributed by atoms with Crippen LogP contribution in [0, 0.1) is 0 Å². The third kappa shape index (κ3) is 2.55. The monoisotopic (exact) mass is 334 g/mol. The van der Waals surface area contributed by atoms with Gasteiger partial charge in [0.2, 0.25) is 0 Å². The summed E-state index contributed by atoms with van der Waals surface area (Å²) in [4.78, 5) is 9.82. The highest BCUT2D eigenvalue weighted by atomic mass is 16.3. The number of aromatic hydroxyl groups is 1. The molecule has 1 saturated carbocycles. The Hall–Kier alpha value is -2.53. The molecular weight excluding hydrogens is 312 g/mol. The smallest absolute Gasteiger partial charge is 0.138 e. The summed E-state index contributed by atoms with van der Waals surface area (Å²) in [6, 6.07) is 14.6. The Labute approximate surface area is 147 Å². The van der Waals surface area contributed by atoms with Crippen LogP contribution >= 0.6 is 0 Å². The highest BCUT2D eigenvalue weighted by Crippen LogP contribution is 2.46. The van der Waals surface area contributed by atoms with Crippen molar-refractivity contribution in [1.29, 1.82) is 0 Å². The first-order valence-electron chi connectivity index (χ1n) is 9.07. The molecule has 25 heavy (non-hydrogen) atoms. The van der Waals surface area contributed by atoms with Gasteiger partial charge in [-0.2, -0.15) is 0 Å². The molecule has 2 N–H and O–H groups in total. The number of rotatable bonds is 1. The van der Waals surface area contributed by atoms with Crippen LogP contribution < -0.4 is 10.2 Å². The van der Waals surface area contributed by atoms with E-state index in [9.17, 15) is 5.11 Å². The average molecular weight is 334 g/mol. The van der Waals surface area contributed by atoms with Crippen LogP contribution in [-0.4, -0.2) is 48.1 Å². The van der Waals surface area contributed by atoms with Crippen molar-refractivity contribution >= 4 is 22.9 Å². The second kappa shape index (κ2) is 5.77. The molecule has 0 bridgehead atoms. The number of anilines is 2. The molecule has 2 aromatic carbocycles. The molecule has 0 spiro atoms. The predicted octanol–water partition coefficient (Wildman–Crippen LogP) is 2.99. The number of fused-ring (bicyclic) bond motifs is 2. The fourth-order valence-electron chi connectivity index (χ4n) is 3.82. The van der Waals surface area contributed by atoms with Gasteiger partial charge >= 0.3 is 0 Å². The maximum atomic E-state index is 10.2. The zero-order valence-electron chi connectivity index (χ0n) is 14.2. The number of benzene rings is 2. The van der Waals surface area contributed by atoms with E-state index in [-0.39, 0.29) is 0 Å². The number of piperazine rings is 1. The lowest BCUT2D eigenvalue weighted by Gasteiger charge is -2.31. The predicted molar refractivity (Wildman–Crippen MR) is 100 cm³/mol. The van der Waals surface area contributed by atoms with E-state index in [4.69, 9.17) is 4.99 Å². The summed E-state index contributed by atoms with van der Waals surface area (Å²) in [6.45, 7) is 3.84. The topological polar surface area (TPSA) is 51.1 Å². The molecule has 0 amide bonds. The fraction of sp³-hybridized carbons (Fsp3) is 0.350. The summed E-state index contributed by atoms with van der Waals surface area (Å²) in [5, 5.41) is 13.6. The SMILES string of the molecule is Oc1ccc2c(c1)N(C1CC1)c1ccccc1N=C2N1CCNCC1. The quantitative estimate of drug-likeness (QED) is 0.842. The van der Waals surface area contributed by atoms with Crippen molar-refractivity contribution in [3.63, 3.8) is 0 Å². The number of para-hydroxylation sites is 2. The van der Waals surface area contributed by atoms with E-state index in [1.54, 1.807) is 6.07 Å². The first-order chi connectivity index (χ1) is 12.3. The van der Waals surface area contributed by atoms with Gasteiger partial charge in [-0.05, 0) is 37.1 Å². The Morgan fingerprint density at radius 2 is 1.80 bits per heavy atom. The van der Waals surface area contributed by atoms with Crippen molar-refractivity contribution in [3.05, 3.63) is 48.0 Å². The Balaban J connectivity index is 1.73. The maximum absolute atomic E-state index is 10.2. The molecule has 128 valence electrons.